The van der Waals surface area contributed by atoms with Crippen LogP contribution >= 0.6 is 0 Å². The van der Waals surface area contributed by atoms with Gasteiger partial charge in [0.25, 0.3) is 5.91 Å². The highest BCUT2D eigenvalue weighted by Gasteiger charge is 2.16. The lowest BCUT2D eigenvalue weighted by Crippen LogP contribution is -2.32. The van der Waals surface area contributed by atoms with Gasteiger partial charge in [-0.2, -0.15) is 0 Å². The van der Waals surface area contributed by atoms with E-state index in [4.69, 9.17) is 0 Å². The zero-order chi connectivity index (χ0) is 22.4. The third-order valence-corrected chi connectivity index (χ3v) is 5.54. The summed E-state index contributed by atoms with van der Waals surface area (Å²) in [7, 11) is 0. The van der Waals surface area contributed by atoms with E-state index in [0.717, 1.165) is 24.7 Å². The molecule has 1 saturated heterocycles. The lowest BCUT2D eigenvalue weighted by Gasteiger charge is -2.32. The number of amides is 2. The Hall–Kier alpha value is -3.41. The minimum absolute atomic E-state index is 0.0381. The molecule has 2 N–H and O–H groups in total. The third-order valence-electron chi connectivity index (χ3n) is 5.54. The van der Waals surface area contributed by atoms with E-state index in [-0.39, 0.29) is 11.7 Å². The summed E-state index contributed by atoms with van der Waals surface area (Å²) in [5.74, 6) is 0.00468. The molecule has 0 radical (unpaired) electrons. The van der Waals surface area contributed by atoms with Crippen LogP contribution in [0.1, 0.15) is 44.0 Å². The number of piperidine rings is 1. The smallest absolute Gasteiger partial charge is 0.251 e. The van der Waals surface area contributed by atoms with Crippen molar-refractivity contribution in [2.45, 2.75) is 33.6 Å². The molecule has 2 aromatic rings. The first-order valence-corrected chi connectivity index (χ1v) is 10.6. The van der Waals surface area contributed by atoms with Crippen LogP contribution in [0.2, 0.25) is 0 Å². The average molecular weight is 420 g/mol. The molecule has 6 heteroatoms. The number of hydrogen-bond donors (Lipinski definition) is 2. The van der Waals surface area contributed by atoms with E-state index >= 15 is 0 Å². The molecule has 3 rings (SSSR count). The number of benzene rings is 2. The van der Waals surface area contributed by atoms with Gasteiger partial charge in [-0.25, -0.2) is 0 Å². The molecular weight excluding hydrogens is 390 g/mol. The molecule has 2 aromatic carbocycles. The van der Waals surface area contributed by atoms with E-state index in [1.165, 1.54) is 25.8 Å². The standard InChI is InChI=1S/C25H29N3O3/c1-17-12-14-28(15-13-17)23-10-8-22(9-11-23)27-25(31)18(2)16-24(30)26-21-6-4-20(5-7-21)19(3)29/h4-11,16-17H,12-15H2,1-3H3,(H,26,30)(H,27,31)/b18-16+. The van der Waals surface area contributed by atoms with Gasteiger partial charge in [-0.15, -0.1) is 0 Å². The Labute approximate surface area is 183 Å². The molecule has 6 nitrogen and oxygen atoms in total. The molecule has 1 aliphatic rings. The number of carbonyl (C=O) groups excluding carboxylic acids is 3. The summed E-state index contributed by atoms with van der Waals surface area (Å²) < 4.78 is 0. The zero-order valence-corrected chi connectivity index (χ0v) is 18.3. The SMILES string of the molecule is CC(=O)c1ccc(NC(=O)/C=C(\C)C(=O)Nc2ccc(N3CCC(C)CC3)cc2)cc1. The molecule has 2 amide bonds. The van der Waals surface area contributed by atoms with Gasteiger partial charge in [0.1, 0.15) is 0 Å². The summed E-state index contributed by atoms with van der Waals surface area (Å²) in [4.78, 5) is 38.3. The Morgan fingerprint density at radius 3 is 2.00 bits per heavy atom. The third kappa shape index (κ3) is 6.28. The van der Waals surface area contributed by atoms with Crippen molar-refractivity contribution in [3.63, 3.8) is 0 Å². The summed E-state index contributed by atoms with van der Waals surface area (Å²) in [5.41, 5.74) is 3.28. The first-order chi connectivity index (χ1) is 14.8. The Bertz CT molecular complexity index is 970. The summed E-state index contributed by atoms with van der Waals surface area (Å²) in [6.45, 7) is 7.48. The first kappa shape index (κ1) is 22.3. The van der Waals surface area contributed by atoms with Gasteiger partial charge >= 0.3 is 0 Å². The Morgan fingerprint density at radius 1 is 0.871 bits per heavy atom. The second kappa shape index (κ2) is 10.1. The Kier molecular flexibility index (Phi) is 7.23. The maximum atomic E-state index is 12.4. The molecule has 0 spiro atoms. The highest BCUT2D eigenvalue weighted by atomic mass is 16.2. The van der Waals surface area contributed by atoms with Gasteiger partial charge in [0, 0.05) is 47.4 Å². The van der Waals surface area contributed by atoms with Gasteiger partial charge in [0.15, 0.2) is 5.78 Å². The van der Waals surface area contributed by atoms with Crippen molar-refractivity contribution in [2.75, 3.05) is 28.6 Å². The number of ketones is 1. The number of Topliss-reactive ketones (excluding diaryl/α,β-unsaturated/α-hetero) is 1. The molecule has 1 heterocycles. The number of anilines is 3. The summed E-state index contributed by atoms with van der Waals surface area (Å²) in [5, 5.41) is 5.52. The quantitative estimate of drug-likeness (QED) is 0.528. The van der Waals surface area contributed by atoms with Crippen LogP contribution in [-0.4, -0.2) is 30.7 Å². The highest BCUT2D eigenvalue weighted by Crippen LogP contribution is 2.24. The molecule has 162 valence electrons. The lowest BCUT2D eigenvalue weighted by molar-refractivity contribution is -0.114. The van der Waals surface area contributed by atoms with Gasteiger partial charge in [-0.05, 0) is 81.1 Å². The van der Waals surface area contributed by atoms with Crippen LogP contribution in [0.3, 0.4) is 0 Å². The van der Waals surface area contributed by atoms with Crippen molar-refractivity contribution in [3.8, 4) is 0 Å². The number of nitrogens with zero attached hydrogens (tertiary/aromatic N) is 1. The Balaban J connectivity index is 1.54. The van der Waals surface area contributed by atoms with Crippen LogP contribution in [0.15, 0.2) is 60.2 Å². The van der Waals surface area contributed by atoms with Gasteiger partial charge in [-0.3, -0.25) is 14.4 Å². The van der Waals surface area contributed by atoms with Crippen LogP contribution < -0.4 is 15.5 Å². The molecule has 31 heavy (non-hydrogen) atoms. The van der Waals surface area contributed by atoms with E-state index in [0.29, 0.717) is 22.5 Å². The number of carbonyl (C=O) groups is 3. The number of rotatable bonds is 6. The van der Waals surface area contributed by atoms with Crippen LogP contribution in [0.4, 0.5) is 17.1 Å². The fourth-order valence-electron chi connectivity index (χ4n) is 3.48. The fourth-order valence-corrected chi connectivity index (χ4v) is 3.48. The van der Waals surface area contributed by atoms with E-state index in [9.17, 15) is 14.4 Å². The molecule has 0 bridgehead atoms. The molecule has 0 atom stereocenters. The second-order valence-corrected chi connectivity index (χ2v) is 8.12. The van der Waals surface area contributed by atoms with E-state index in [1.807, 2.05) is 24.3 Å². The van der Waals surface area contributed by atoms with Crippen LogP contribution in [-0.2, 0) is 9.59 Å². The summed E-state index contributed by atoms with van der Waals surface area (Å²) >= 11 is 0. The number of nitrogens with one attached hydrogen (secondary N) is 2. The van der Waals surface area contributed by atoms with Crippen LogP contribution in [0, 0.1) is 5.92 Å². The van der Waals surface area contributed by atoms with Gasteiger partial charge in [0.2, 0.25) is 5.91 Å². The van der Waals surface area contributed by atoms with Crippen LogP contribution in [0.25, 0.3) is 0 Å². The van der Waals surface area contributed by atoms with Crippen molar-refractivity contribution in [1.82, 2.24) is 0 Å². The Morgan fingerprint density at radius 2 is 1.42 bits per heavy atom. The van der Waals surface area contributed by atoms with E-state index < -0.39 is 5.91 Å². The average Bonchev–Trinajstić information content (AvgIpc) is 2.75. The molecule has 0 unspecified atom stereocenters. The summed E-state index contributed by atoms with van der Waals surface area (Å²) in [6, 6.07) is 14.4. The molecule has 1 aliphatic heterocycles. The predicted octanol–water partition coefficient (Wildman–Crippen LogP) is 4.65. The van der Waals surface area contributed by atoms with Gasteiger partial charge in [-0.1, -0.05) is 6.92 Å². The van der Waals surface area contributed by atoms with E-state index in [1.54, 1.807) is 31.2 Å². The largest absolute Gasteiger partial charge is 0.372 e. The van der Waals surface area contributed by atoms with Gasteiger partial charge < -0.3 is 15.5 Å². The predicted molar refractivity (Wildman–Crippen MR) is 125 cm³/mol. The van der Waals surface area contributed by atoms with Gasteiger partial charge in [0.05, 0.1) is 0 Å². The highest BCUT2D eigenvalue weighted by molar-refractivity contribution is 6.10. The molecule has 0 aromatic heterocycles. The fraction of sp³-hybridized carbons (Fsp3) is 0.320. The van der Waals surface area contributed by atoms with Crippen molar-refractivity contribution in [3.05, 3.63) is 65.7 Å². The second-order valence-electron chi connectivity index (χ2n) is 8.12. The maximum absolute atomic E-state index is 12.4. The minimum Gasteiger partial charge on any atom is -0.372 e. The lowest BCUT2D eigenvalue weighted by atomic mass is 9.99. The normalized spacial score (nSPS) is 14.8. The molecule has 0 aliphatic carbocycles. The molecule has 0 saturated carbocycles. The summed E-state index contributed by atoms with van der Waals surface area (Å²) in [6.07, 6.45) is 3.66. The monoisotopic (exact) mass is 419 g/mol. The topological polar surface area (TPSA) is 78.5 Å². The maximum Gasteiger partial charge on any atom is 0.251 e. The molecule has 1 fully saturated rings. The van der Waals surface area contributed by atoms with Crippen molar-refractivity contribution >= 4 is 34.7 Å². The number of hydrogen-bond acceptors (Lipinski definition) is 4. The first-order valence-electron chi connectivity index (χ1n) is 10.6. The van der Waals surface area contributed by atoms with Crippen molar-refractivity contribution in [2.24, 2.45) is 5.92 Å². The van der Waals surface area contributed by atoms with Crippen LogP contribution in [0.5, 0.6) is 0 Å². The molecular formula is C25H29N3O3. The van der Waals surface area contributed by atoms with E-state index in [2.05, 4.69) is 22.5 Å². The minimum atomic E-state index is -0.405. The zero-order valence-electron chi connectivity index (χ0n) is 18.3. The van der Waals surface area contributed by atoms with Crippen molar-refractivity contribution < 1.29 is 14.4 Å². The van der Waals surface area contributed by atoms with Crippen molar-refractivity contribution in [1.29, 1.82) is 0 Å².